The number of hydrogen-bond acceptors (Lipinski definition) is 3. The smallest absolute Gasteiger partial charge is 0.371 e. The number of halogens is 2. The highest BCUT2D eigenvalue weighted by molar-refractivity contribution is 14.1. The summed E-state index contributed by atoms with van der Waals surface area (Å²) < 4.78 is 18.5. The molecule has 0 radical (unpaired) electrons. The lowest BCUT2D eigenvalue weighted by Gasteiger charge is -2.08. The molecule has 0 fully saturated rings. The van der Waals surface area contributed by atoms with E-state index in [2.05, 4.69) is 10.6 Å². The lowest BCUT2D eigenvalue weighted by Crippen LogP contribution is -2.28. The van der Waals surface area contributed by atoms with Gasteiger partial charge in [-0.05, 0) is 52.9 Å². The zero-order valence-electron chi connectivity index (χ0n) is 10.5. The zero-order chi connectivity index (χ0) is 15.4. The number of anilines is 1. The molecule has 21 heavy (non-hydrogen) atoms. The van der Waals surface area contributed by atoms with Gasteiger partial charge in [-0.25, -0.2) is 14.0 Å². The van der Waals surface area contributed by atoms with E-state index in [0.717, 1.165) is 0 Å². The third-order valence-corrected chi connectivity index (χ3v) is 3.37. The molecule has 2 amide bonds. The van der Waals surface area contributed by atoms with E-state index in [1.54, 1.807) is 0 Å². The minimum Gasteiger partial charge on any atom is -0.475 e. The van der Waals surface area contributed by atoms with Crippen LogP contribution in [0.5, 0.6) is 0 Å². The Morgan fingerprint density at radius 2 is 2.05 bits per heavy atom. The second-order valence-electron chi connectivity index (χ2n) is 4.00. The molecule has 2 aromatic rings. The van der Waals surface area contributed by atoms with Crippen molar-refractivity contribution in [2.24, 2.45) is 0 Å². The molecule has 3 N–H and O–H groups in total. The number of nitrogens with one attached hydrogen (secondary N) is 2. The van der Waals surface area contributed by atoms with Crippen molar-refractivity contribution in [3.8, 4) is 0 Å². The Morgan fingerprint density at radius 3 is 2.67 bits per heavy atom. The van der Waals surface area contributed by atoms with Crippen LogP contribution in [0.3, 0.4) is 0 Å². The van der Waals surface area contributed by atoms with E-state index in [1.165, 1.54) is 30.3 Å². The minimum absolute atomic E-state index is 0.0386. The Bertz CT molecular complexity index is 687. The maximum Gasteiger partial charge on any atom is 0.371 e. The first-order valence-corrected chi connectivity index (χ1v) is 6.85. The second-order valence-corrected chi connectivity index (χ2v) is 5.17. The third kappa shape index (κ3) is 4.18. The van der Waals surface area contributed by atoms with E-state index in [4.69, 9.17) is 9.52 Å². The van der Waals surface area contributed by atoms with Crippen LogP contribution in [0.2, 0.25) is 0 Å². The number of carbonyl (C=O) groups excluding carboxylic acids is 1. The van der Waals surface area contributed by atoms with Crippen LogP contribution in [0.4, 0.5) is 14.9 Å². The summed E-state index contributed by atoms with van der Waals surface area (Å²) in [5.74, 6) is -1.44. The van der Waals surface area contributed by atoms with Crippen molar-refractivity contribution < 1.29 is 23.5 Å². The number of benzene rings is 1. The fourth-order valence-corrected chi connectivity index (χ4v) is 2.12. The molecule has 2 rings (SSSR count). The number of furan rings is 1. The Kier molecular flexibility index (Phi) is 4.78. The van der Waals surface area contributed by atoms with Gasteiger partial charge in [-0.2, -0.15) is 0 Å². The Hall–Kier alpha value is -2.10. The van der Waals surface area contributed by atoms with Crippen molar-refractivity contribution in [1.82, 2.24) is 5.32 Å². The molecule has 0 bridgehead atoms. The van der Waals surface area contributed by atoms with Gasteiger partial charge in [0, 0.05) is 3.57 Å². The Balaban J connectivity index is 1.91. The largest absolute Gasteiger partial charge is 0.475 e. The summed E-state index contributed by atoms with van der Waals surface area (Å²) in [6, 6.07) is 6.25. The highest BCUT2D eigenvalue weighted by atomic mass is 127. The van der Waals surface area contributed by atoms with Crippen molar-refractivity contribution in [1.29, 1.82) is 0 Å². The molecule has 8 heteroatoms. The first-order valence-electron chi connectivity index (χ1n) is 5.77. The van der Waals surface area contributed by atoms with Crippen molar-refractivity contribution >= 4 is 40.3 Å². The van der Waals surface area contributed by atoms with E-state index in [0.29, 0.717) is 15.0 Å². The molecule has 0 saturated heterocycles. The summed E-state index contributed by atoms with van der Waals surface area (Å²) in [6.45, 7) is 0.0386. The van der Waals surface area contributed by atoms with Gasteiger partial charge in [-0.15, -0.1) is 0 Å². The van der Waals surface area contributed by atoms with Gasteiger partial charge < -0.3 is 20.2 Å². The summed E-state index contributed by atoms with van der Waals surface area (Å²) in [6.07, 6.45) is 0. The number of urea groups is 1. The lowest BCUT2D eigenvalue weighted by molar-refractivity contribution is 0.0660. The maximum atomic E-state index is 12.9. The van der Waals surface area contributed by atoms with Crippen molar-refractivity contribution in [2.45, 2.75) is 6.54 Å². The van der Waals surface area contributed by atoms with E-state index in [-0.39, 0.29) is 18.1 Å². The van der Waals surface area contributed by atoms with Crippen molar-refractivity contribution in [3.05, 3.63) is 51.2 Å². The van der Waals surface area contributed by atoms with Gasteiger partial charge in [0.05, 0.1) is 12.2 Å². The highest BCUT2D eigenvalue weighted by Crippen LogP contribution is 2.18. The lowest BCUT2D eigenvalue weighted by atomic mass is 10.3. The highest BCUT2D eigenvalue weighted by Gasteiger charge is 2.10. The van der Waals surface area contributed by atoms with Crippen LogP contribution >= 0.6 is 22.6 Å². The van der Waals surface area contributed by atoms with Crippen LogP contribution in [0, 0.1) is 9.39 Å². The van der Waals surface area contributed by atoms with Crippen molar-refractivity contribution in [3.63, 3.8) is 0 Å². The fraction of sp³-hybridized carbons (Fsp3) is 0.0769. The third-order valence-electron chi connectivity index (χ3n) is 2.47. The Morgan fingerprint density at radius 1 is 1.29 bits per heavy atom. The average molecular weight is 404 g/mol. The van der Waals surface area contributed by atoms with Crippen LogP contribution in [-0.4, -0.2) is 17.1 Å². The quantitative estimate of drug-likeness (QED) is 0.684. The van der Waals surface area contributed by atoms with Gasteiger partial charge in [0.2, 0.25) is 5.76 Å². The predicted octanol–water partition coefficient (Wildman–Crippen LogP) is 3.04. The molecular formula is C13H10FIN2O4. The van der Waals surface area contributed by atoms with Gasteiger partial charge in [0.25, 0.3) is 0 Å². The topological polar surface area (TPSA) is 91.6 Å². The number of carbonyl (C=O) groups is 2. The molecule has 0 atom stereocenters. The molecule has 110 valence electrons. The SMILES string of the molecule is O=C(NCc1ccc(C(=O)O)o1)Nc1ccc(F)cc1I. The van der Waals surface area contributed by atoms with Gasteiger partial charge in [0.1, 0.15) is 11.6 Å². The minimum atomic E-state index is -1.17. The molecule has 1 aromatic heterocycles. The number of rotatable bonds is 4. The molecule has 6 nitrogen and oxygen atoms in total. The number of aromatic carboxylic acids is 1. The van der Waals surface area contributed by atoms with Crippen LogP contribution in [-0.2, 0) is 6.54 Å². The van der Waals surface area contributed by atoms with Crippen LogP contribution in [0.1, 0.15) is 16.3 Å². The van der Waals surface area contributed by atoms with Crippen LogP contribution in [0.15, 0.2) is 34.7 Å². The fourth-order valence-electron chi connectivity index (χ4n) is 1.51. The number of amides is 2. The van der Waals surface area contributed by atoms with E-state index in [1.807, 2.05) is 22.6 Å². The summed E-state index contributed by atoms with van der Waals surface area (Å²) >= 11 is 1.90. The molecule has 0 spiro atoms. The monoisotopic (exact) mass is 404 g/mol. The predicted molar refractivity (Wildman–Crippen MR) is 80.6 cm³/mol. The molecule has 0 aliphatic heterocycles. The standard InChI is InChI=1S/C13H10FIN2O4/c14-7-1-3-10(9(15)5-7)17-13(20)16-6-8-2-4-11(21-8)12(18)19/h1-5H,6H2,(H,18,19)(H2,16,17,20). The number of carboxylic acid groups (broad SMARTS) is 1. The van der Waals surface area contributed by atoms with Gasteiger partial charge in [-0.3, -0.25) is 0 Å². The molecule has 0 saturated carbocycles. The molecule has 0 aliphatic carbocycles. The summed E-state index contributed by atoms with van der Waals surface area (Å²) in [5.41, 5.74) is 0.472. The molecule has 1 heterocycles. The summed E-state index contributed by atoms with van der Waals surface area (Å²) in [4.78, 5) is 22.3. The zero-order valence-corrected chi connectivity index (χ0v) is 12.7. The van der Waals surface area contributed by atoms with E-state index < -0.39 is 12.0 Å². The maximum absolute atomic E-state index is 12.9. The normalized spacial score (nSPS) is 10.2. The first kappa shape index (κ1) is 15.3. The number of carboxylic acids is 1. The first-order chi connectivity index (χ1) is 9.95. The molecular weight excluding hydrogens is 394 g/mol. The van der Waals surface area contributed by atoms with Crippen LogP contribution in [0.25, 0.3) is 0 Å². The van der Waals surface area contributed by atoms with E-state index in [9.17, 15) is 14.0 Å². The van der Waals surface area contributed by atoms with Gasteiger partial charge >= 0.3 is 12.0 Å². The van der Waals surface area contributed by atoms with E-state index >= 15 is 0 Å². The molecule has 0 unspecified atom stereocenters. The average Bonchev–Trinajstić information content (AvgIpc) is 2.89. The molecule has 1 aromatic carbocycles. The van der Waals surface area contributed by atoms with Gasteiger partial charge in [-0.1, -0.05) is 0 Å². The Labute approximate surface area is 132 Å². The van der Waals surface area contributed by atoms with Crippen LogP contribution < -0.4 is 10.6 Å². The summed E-state index contributed by atoms with van der Waals surface area (Å²) in [5, 5.41) is 13.8. The molecule has 0 aliphatic rings. The van der Waals surface area contributed by atoms with Crippen molar-refractivity contribution in [2.75, 3.05) is 5.32 Å². The summed E-state index contributed by atoms with van der Waals surface area (Å²) in [7, 11) is 0. The second kappa shape index (κ2) is 6.57. The number of hydrogen-bond donors (Lipinski definition) is 3. The van der Waals surface area contributed by atoms with Gasteiger partial charge in [0.15, 0.2) is 0 Å².